The summed E-state index contributed by atoms with van der Waals surface area (Å²) in [5.41, 5.74) is 5.94. The Morgan fingerprint density at radius 3 is 2.62 bits per heavy atom. The molecule has 4 N–H and O–H groups in total. The number of urea groups is 1. The number of nitrogens with one attached hydrogen (secondary N) is 2. The summed E-state index contributed by atoms with van der Waals surface area (Å²) in [5, 5.41) is 5.26. The third kappa shape index (κ3) is 3.85. The van der Waals surface area contributed by atoms with Crippen LogP contribution in [0.15, 0.2) is 40.8 Å². The zero-order valence-corrected chi connectivity index (χ0v) is 11.8. The number of primary amides is 1. The fourth-order valence-corrected chi connectivity index (χ4v) is 1.92. The molecule has 3 amide bonds. The number of carbonyl (C=O) groups excluding carboxylic acids is 2. The fraction of sp³-hybridized carbons (Fsp3) is 0.200. The van der Waals surface area contributed by atoms with Crippen molar-refractivity contribution in [2.24, 2.45) is 5.73 Å². The largest absolute Gasteiger partial charge is 0.464 e. The zero-order valence-electron chi connectivity index (χ0n) is 11.8. The predicted octanol–water partition coefficient (Wildman–Crippen LogP) is 2.57. The number of carbonyl (C=O) groups is 2. The summed E-state index contributed by atoms with van der Waals surface area (Å²) in [6.45, 7) is 3.68. The second-order valence-electron chi connectivity index (χ2n) is 4.71. The molecule has 2 rings (SSSR count). The van der Waals surface area contributed by atoms with Crippen LogP contribution in [-0.2, 0) is 0 Å². The molecule has 0 saturated heterocycles. The van der Waals surface area contributed by atoms with Crippen LogP contribution in [0.2, 0.25) is 0 Å². The maximum Gasteiger partial charge on any atom is 0.316 e. The molecule has 110 valence electrons. The van der Waals surface area contributed by atoms with E-state index in [4.69, 9.17) is 10.2 Å². The standard InChI is InChI=1S/C15H17N3O3/c1-9-6-7-13(21-9)10(2)17-14(19)11-4-3-5-12(8-11)18-15(16)20/h3-8,10H,1-2H3,(H,17,19)(H3,16,18,20). The Bertz CT molecular complexity index is 664. The van der Waals surface area contributed by atoms with Crippen molar-refractivity contribution in [1.29, 1.82) is 0 Å². The molecule has 1 unspecified atom stereocenters. The highest BCUT2D eigenvalue weighted by Gasteiger charge is 2.14. The molecule has 1 heterocycles. The molecular formula is C15H17N3O3. The average molecular weight is 287 g/mol. The highest BCUT2D eigenvalue weighted by Crippen LogP contribution is 2.17. The number of furan rings is 1. The molecule has 1 aromatic heterocycles. The minimum Gasteiger partial charge on any atom is -0.464 e. The van der Waals surface area contributed by atoms with Crippen molar-refractivity contribution in [2.75, 3.05) is 5.32 Å². The lowest BCUT2D eigenvalue weighted by molar-refractivity contribution is 0.0935. The maximum absolute atomic E-state index is 12.2. The van der Waals surface area contributed by atoms with Crippen LogP contribution >= 0.6 is 0 Å². The molecule has 1 aromatic carbocycles. The Kier molecular flexibility index (Phi) is 4.27. The number of aryl methyl sites for hydroxylation is 1. The number of amides is 3. The van der Waals surface area contributed by atoms with Crippen molar-refractivity contribution < 1.29 is 14.0 Å². The fourth-order valence-electron chi connectivity index (χ4n) is 1.92. The molecule has 1 atom stereocenters. The maximum atomic E-state index is 12.2. The van der Waals surface area contributed by atoms with Gasteiger partial charge in [-0.25, -0.2) is 4.79 Å². The van der Waals surface area contributed by atoms with Gasteiger partial charge in [0.1, 0.15) is 11.5 Å². The average Bonchev–Trinajstić information content (AvgIpc) is 2.85. The van der Waals surface area contributed by atoms with Crippen molar-refractivity contribution in [3.8, 4) is 0 Å². The predicted molar refractivity (Wildman–Crippen MR) is 79.0 cm³/mol. The summed E-state index contributed by atoms with van der Waals surface area (Å²) >= 11 is 0. The van der Waals surface area contributed by atoms with Crippen LogP contribution in [0.1, 0.15) is 34.8 Å². The molecule has 0 aliphatic carbocycles. The van der Waals surface area contributed by atoms with E-state index in [0.29, 0.717) is 17.0 Å². The van der Waals surface area contributed by atoms with E-state index >= 15 is 0 Å². The lowest BCUT2D eigenvalue weighted by atomic mass is 10.1. The van der Waals surface area contributed by atoms with Crippen molar-refractivity contribution in [1.82, 2.24) is 5.32 Å². The van der Waals surface area contributed by atoms with Crippen molar-refractivity contribution in [2.45, 2.75) is 19.9 Å². The molecule has 2 aromatic rings. The van der Waals surface area contributed by atoms with Gasteiger partial charge in [-0.3, -0.25) is 4.79 Å². The van der Waals surface area contributed by atoms with Gasteiger partial charge in [-0.1, -0.05) is 6.07 Å². The number of anilines is 1. The smallest absolute Gasteiger partial charge is 0.316 e. The van der Waals surface area contributed by atoms with Gasteiger partial charge in [0.2, 0.25) is 0 Å². The Labute approximate surface area is 122 Å². The van der Waals surface area contributed by atoms with Crippen LogP contribution in [0.4, 0.5) is 10.5 Å². The van der Waals surface area contributed by atoms with Crippen molar-refractivity contribution in [3.05, 3.63) is 53.5 Å². The second-order valence-corrected chi connectivity index (χ2v) is 4.71. The molecule has 6 nitrogen and oxygen atoms in total. The molecule has 0 aliphatic rings. The van der Waals surface area contributed by atoms with Gasteiger partial charge >= 0.3 is 6.03 Å². The van der Waals surface area contributed by atoms with Crippen molar-refractivity contribution in [3.63, 3.8) is 0 Å². The summed E-state index contributed by atoms with van der Waals surface area (Å²) in [6, 6.07) is 9.27. The van der Waals surface area contributed by atoms with E-state index in [1.807, 2.05) is 26.0 Å². The van der Waals surface area contributed by atoms with Crippen LogP contribution in [0.25, 0.3) is 0 Å². The lowest BCUT2D eigenvalue weighted by Crippen LogP contribution is -2.26. The summed E-state index contributed by atoms with van der Waals surface area (Å²) < 4.78 is 5.47. The Morgan fingerprint density at radius 2 is 2.00 bits per heavy atom. The summed E-state index contributed by atoms with van der Waals surface area (Å²) in [7, 11) is 0. The first-order chi connectivity index (χ1) is 9.95. The number of rotatable bonds is 4. The van der Waals surface area contributed by atoms with E-state index in [-0.39, 0.29) is 11.9 Å². The Hall–Kier alpha value is -2.76. The molecule has 6 heteroatoms. The topological polar surface area (TPSA) is 97.4 Å². The summed E-state index contributed by atoms with van der Waals surface area (Å²) in [5.74, 6) is 1.22. The van der Waals surface area contributed by atoms with Gasteiger partial charge in [-0.2, -0.15) is 0 Å². The van der Waals surface area contributed by atoms with Gasteiger partial charge in [0.05, 0.1) is 6.04 Å². The Balaban J connectivity index is 2.07. The minimum absolute atomic E-state index is 0.251. The highest BCUT2D eigenvalue weighted by atomic mass is 16.3. The highest BCUT2D eigenvalue weighted by molar-refractivity contribution is 5.96. The normalized spacial score (nSPS) is 11.7. The van der Waals surface area contributed by atoms with Crippen LogP contribution in [0.5, 0.6) is 0 Å². The van der Waals surface area contributed by atoms with Gasteiger partial charge in [0, 0.05) is 11.3 Å². The number of hydrogen-bond acceptors (Lipinski definition) is 3. The monoisotopic (exact) mass is 287 g/mol. The van der Waals surface area contributed by atoms with Gasteiger partial charge in [0.25, 0.3) is 5.91 Å². The third-order valence-electron chi connectivity index (χ3n) is 2.93. The first-order valence-electron chi connectivity index (χ1n) is 6.49. The van der Waals surface area contributed by atoms with E-state index in [9.17, 15) is 9.59 Å². The van der Waals surface area contributed by atoms with Crippen LogP contribution < -0.4 is 16.4 Å². The van der Waals surface area contributed by atoms with E-state index in [1.165, 1.54) is 0 Å². The molecule has 21 heavy (non-hydrogen) atoms. The van der Waals surface area contributed by atoms with Crippen LogP contribution in [0, 0.1) is 6.92 Å². The minimum atomic E-state index is -0.674. The SMILES string of the molecule is Cc1ccc(C(C)NC(=O)c2cccc(NC(N)=O)c2)o1. The van der Waals surface area contributed by atoms with Gasteiger partial charge in [-0.05, 0) is 44.2 Å². The molecule has 0 radical (unpaired) electrons. The number of hydrogen-bond donors (Lipinski definition) is 3. The molecule has 0 bridgehead atoms. The first-order valence-corrected chi connectivity index (χ1v) is 6.49. The molecule has 0 spiro atoms. The van der Waals surface area contributed by atoms with Crippen molar-refractivity contribution >= 4 is 17.6 Å². The number of nitrogens with two attached hydrogens (primary N) is 1. The van der Waals surface area contributed by atoms with Gasteiger partial charge in [-0.15, -0.1) is 0 Å². The lowest BCUT2D eigenvalue weighted by Gasteiger charge is -2.12. The van der Waals surface area contributed by atoms with E-state index in [0.717, 1.165) is 5.76 Å². The van der Waals surface area contributed by atoms with Gasteiger partial charge < -0.3 is 20.8 Å². The molecule has 0 fully saturated rings. The molecule has 0 aliphatic heterocycles. The summed E-state index contributed by atoms with van der Waals surface area (Å²) in [6.07, 6.45) is 0. The second kappa shape index (κ2) is 6.13. The Morgan fingerprint density at radius 1 is 1.24 bits per heavy atom. The molecule has 0 saturated carbocycles. The molecular weight excluding hydrogens is 270 g/mol. The number of benzene rings is 1. The third-order valence-corrected chi connectivity index (χ3v) is 2.93. The van der Waals surface area contributed by atoms with E-state index in [2.05, 4.69) is 10.6 Å². The van der Waals surface area contributed by atoms with Gasteiger partial charge in [0.15, 0.2) is 0 Å². The first kappa shape index (κ1) is 14.6. The van der Waals surface area contributed by atoms with Crippen LogP contribution in [0.3, 0.4) is 0 Å². The zero-order chi connectivity index (χ0) is 15.4. The van der Waals surface area contributed by atoms with E-state index < -0.39 is 6.03 Å². The quantitative estimate of drug-likeness (QED) is 0.806. The van der Waals surface area contributed by atoms with Crippen LogP contribution in [-0.4, -0.2) is 11.9 Å². The van der Waals surface area contributed by atoms with E-state index in [1.54, 1.807) is 24.3 Å². The summed E-state index contributed by atoms with van der Waals surface area (Å²) in [4.78, 5) is 23.0.